The Morgan fingerprint density at radius 3 is 2.74 bits per heavy atom. The summed E-state index contributed by atoms with van der Waals surface area (Å²) in [5.41, 5.74) is 1.18. The molecule has 0 saturated heterocycles. The Morgan fingerprint density at radius 2 is 2.00 bits per heavy atom. The van der Waals surface area contributed by atoms with Crippen LogP contribution in [0.1, 0.15) is 23.0 Å². The summed E-state index contributed by atoms with van der Waals surface area (Å²) in [7, 11) is 0. The Bertz CT molecular complexity index is 1070. The monoisotopic (exact) mass is 378 g/mol. The van der Waals surface area contributed by atoms with Gasteiger partial charge in [0, 0.05) is 0 Å². The third kappa shape index (κ3) is 3.71. The van der Waals surface area contributed by atoms with Crippen molar-refractivity contribution in [3.8, 4) is 16.5 Å². The summed E-state index contributed by atoms with van der Waals surface area (Å²) in [5.74, 6) is 0.938. The minimum absolute atomic E-state index is 0.204. The van der Waals surface area contributed by atoms with Crippen molar-refractivity contribution in [2.24, 2.45) is 0 Å². The highest BCUT2D eigenvalue weighted by Crippen LogP contribution is 2.27. The number of nitrogens with one attached hydrogen (secondary N) is 1. The van der Waals surface area contributed by atoms with E-state index in [1.165, 1.54) is 0 Å². The van der Waals surface area contributed by atoms with E-state index in [-0.39, 0.29) is 12.5 Å². The van der Waals surface area contributed by atoms with Crippen molar-refractivity contribution < 1.29 is 13.9 Å². The van der Waals surface area contributed by atoms with Gasteiger partial charge in [-0.1, -0.05) is 30.3 Å². The molecule has 5 nitrogen and oxygen atoms in total. The summed E-state index contributed by atoms with van der Waals surface area (Å²) in [6, 6.07) is 15.5. The van der Waals surface area contributed by atoms with E-state index in [1.54, 1.807) is 17.6 Å². The second kappa shape index (κ2) is 7.63. The Hall–Kier alpha value is -3.12. The molecule has 0 unspecified atom stereocenters. The van der Waals surface area contributed by atoms with Crippen molar-refractivity contribution in [1.29, 1.82) is 0 Å². The quantitative estimate of drug-likeness (QED) is 0.519. The van der Waals surface area contributed by atoms with Crippen LogP contribution >= 0.6 is 11.3 Å². The van der Waals surface area contributed by atoms with E-state index in [0.29, 0.717) is 29.5 Å². The van der Waals surface area contributed by atoms with Crippen LogP contribution in [0.2, 0.25) is 0 Å². The third-order valence-corrected chi connectivity index (χ3v) is 4.96. The fourth-order valence-corrected chi connectivity index (χ4v) is 3.49. The Morgan fingerprint density at radius 1 is 1.19 bits per heavy atom. The molecular weight excluding hydrogens is 360 g/mol. The summed E-state index contributed by atoms with van der Waals surface area (Å²) in [6.07, 6.45) is 1.57. The molecule has 0 aliphatic heterocycles. The maximum Gasteiger partial charge on any atom is 0.255 e. The second-order valence-corrected chi connectivity index (χ2v) is 6.88. The minimum Gasteiger partial charge on any atom is -0.493 e. The number of carbonyl (C=O) groups excluding carboxylic acids is 1. The lowest BCUT2D eigenvalue weighted by atomic mass is 10.1. The van der Waals surface area contributed by atoms with Gasteiger partial charge in [-0.05, 0) is 41.3 Å². The number of aromatic nitrogens is 1. The largest absolute Gasteiger partial charge is 0.493 e. The molecule has 0 aliphatic carbocycles. The van der Waals surface area contributed by atoms with Crippen LogP contribution in [0.25, 0.3) is 21.5 Å². The lowest BCUT2D eigenvalue weighted by Crippen LogP contribution is -2.23. The number of carbonyl (C=O) groups is 1. The van der Waals surface area contributed by atoms with Gasteiger partial charge in [-0.15, -0.1) is 11.3 Å². The average molecular weight is 378 g/mol. The van der Waals surface area contributed by atoms with Gasteiger partial charge in [0.2, 0.25) is 5.89 Å². The van der Waals surface area contributed by atoms with Gasteiger partial charge in [0.05, 0.1) is 29.3 Å². The molecular formula is C21H18N2O3S. The molecule has 2 aromatic carbocycles. The van der Waals surface area contributed by atoms with Crippen LogP contribution in [0.15, 0.2) is 64.6 Å². The molecule has 6 heteroatoms. The van der Waals surface area contributed by atoms with Crippen LogP contribution in [0.5, 0.6) is 5.75 Å². The lowest BCUT2D eigenvalue weighted by molar-refractivity contribution is 0.0947. The fourth-order valence-electron chi connectivity index (χ4n) is 2.84. The number of nitrogens with zero attached hydrogens (tertiary/aromatic N) is 1. The molecule has 0 radical (unpaired) electrons. The predicted molar refractivity (Wildman–Crippen MR) is 106 cm³/mol. The number of thiophene rings is 1. The first-order chi connectivity index (χ1) is 13.2. The summed E-state index contributed by atoms with van der Waals surface area (Å²) in [6.45, 7) is 2.68. The van der Waals surface area contributed by atoms with Crippen LogP contribution in [-0.4, -0.2) is 17.5 Å². The molecule has 2 heterocycles. The predicted octanol–water partition coefficient (Wildman–Crippen LogP) is 4.89. The molecule has 0 spiro atoms. The highest BCUT2D eigenvalue weighted by Gasteiger charge is 2.15. The number of ether oxygens (including phenoxy) is 1. The van der Waals surface area contributed by atoms with Crippen molar-refractivity contribution in [3.05, 3.63) is 71.4 Å². The summed E-state index contributed by atoms with van der Waals surface area (Å²) >= 11 is 1.56. The average Bonchev–Trinajstić information content (AvgIpc) is 3.37. The smallest absolute Gasteiger partial charge is 0.255 e. The molecule has 27 heavy (non-hydrogen) atoms. The summed E-state index contributed by atoms with van der Waals surface area (Å²) in [4.78, 5) is 18.1. The Labute approximate surface area is 160 Å². The van der Waals surface area contributed by atoms with Crippen molar-refractivity contribution >= 4 is 28.0 Å². The van der Waals surface area contributed by atoms with Gasteiger partial charge in [0.1, 0.15) is 12.0 Å². The standard InChI is InChI=1S/C21H18N2O3S/c1-2-25-18-11-15-7-4-3-6-14(15)10-17(18)20(24)22-12-16-13-26-21(23-16)19-8-5-9-27-19/h3-11,13H,2,12H2,1H3,(H,22,24). The van der Waals surface area contributed by atoms with Crippen molar-refractivity contribution in [3.63, 3.8) is 0 Å². The van der Waals surface area contributed by atoms with Crippen LogP contribution < -0.4 is 10.1 Å². The SMILES string of the molecule is CCOc1cc2ccccc2cc1C(=O)NCc1coc(-c2cccs2)n1. The van der Waals surface area contributed by atoms with Gasteiger partial charge in [0.15, 0.2) is 0 Å². The van der Waals surface area contributed by atoms with E-state index in [1.807, 2.05) is 60.8 Å². The molecule has 0 aliphatic rings. The van der Waals surface area contributed by atoms with E-state index in [2.05, 4.69) is 10.3 Å². The van der Waals surface area contributed by atoms with Crippen LogP contribution in [0, 0.1) is 0 Å². The lowest BCUT2D eigenvalue weighted by Gasteiger charge is -2.12. The number of amides is 1. The van der Waals surface area contributed by atoms with Crippen LogP contribution in [-0.2, 0) is 6.54 Å². The molecule has 136 valence electrons. The molecule has 0 saturated carbocycles. The maximum atomic E-state index is 12.7. The number of oxazole rings is 1. The zero-order valence-corrected chi connectivity index (χ0v) is 15.6. The fraction of sp³-hybridized carbons (Fsp3) is 0.143. The van der Waals surface area contributed by atoms with Crippen LogP contribution in [0.4, 0.5) is 0 Å². The molecule has 4 aromatic rings. The number of hydrogen-bond donors (Lipinski definition) is 1. The third-order valence-electron chi connectivity index (χ3n) is 4.11. The van der Waals surface area contributed by atoms with Gasteiger partial charge >= 0.3 is 0 Å². The second-order valence-electron chi connectivity index (χ2n) is 5.93. The van der Waals surface area contributed by atoms with E-state index < -0.39 is 0 Å². The Balaban J connectivity index is 1.53. The Kier molecular flexibility index (Phi) is 4.89. The maximum absolute atomic E-state index is 12.7. The first kappa shape index (κ1) is 17.3. The van der Waals surface area contributed by atoms with Gasteiger partial charge in [-0.25, -0.2) is 4.98 Å². The van der Waals surface area contributed by atoms with Crippen LogP contribution in [0.3, 0.4) is 0 Å². The first-order valence-corrected chi connectivity index (χ1v) is 9.54. The van der Waals surface area contributed by atoms with Gasteiger partial charge in [-0.3, -0.25) is 4.79 Å². The van der Waals surface area contributed by atoms with Gasteiger partial charge < -0.3 is 14.5 Å². The highest BCUT2D eigenvalue weighted by atomic mass is 32.1. The number of fused-ring (bicyclic) bond motifs is 1. The highest BCUT2D eigenvalue weighted by molar-refractivity contribution is 7.13. The molecule has 0 atom stereocenters. The number of benzene rings is 2. The zero-order valence-electron chi connectivity index (χ0n) is 14.8. The zero-order chi connectivity index (χ0) is 18.6. The van der Waals surface area contributed by atoms with E-state index in [0.717, 1.165) is 15.6 Å². The van der Waals surface area contributed by atoms with Gasteiger partial charge in [-0.2, -0.15) is 0 Å². The topological polar surface area (TPSA) is 64.4 Å². The van der Waals surface area contributed by atoms with Crippen molar-refractivity contribution in [1.82, 2.24) is 10.3 Å². The van der Waals surface area contributed by atoms with E-state index in [9.17, 15) is 4.79 Å². The molecule has 4 rings (SSSR count). The minimum atomic E-state index is -0.204. The van der Waals surface area contributed by atoms with Gasteiger partial charge in [0.25, 0.3) is 5.91 Å². The van der Waals surface area contributed by atoms with Crippen molar-refractivity contribution in [2.45, 2.75) is 13.5 Å². The molecule has 1 N–H and O–H groups in total. The number of rotatable bonds is 6. The molecule has 1 amide bonds. The first-order valence-electron chi connectivity index (χ1n) is 8.66. The van der Waals surface area contributed by atoms with Crippen molar-refractivity contribution in [2.75, 3.05) is 6.61 Å². The van der Waals surface area contributed by atoms with E-state index in [4.69, 9.17) is 9.15 Å². The van der Waals surface area contributed by atoms with E-state index >= 15 is 0 Å². The summed E-state index contributed by atoms with van der Waals surface area (Å²) in [5, 5.41) is 6.90. The molecule has 0 fully saturated rings. The molecule has 2 aromatic heterocycles. The number of hydrogen-bond acceptors (Lipinski definition) is 5. The summed E-state index contributed by atoms with van der Waals surface area (Å²) < 4.78 is 11.2. The normalized spacial score (nSPS) is 10.9. The molecule has 0 bridgehead atoms.